The summed E-state index contributed by atoms with van der Waals surface area (Å²) in [6.45, 7) is 0.851. The molecule has 14 heteroatoms. The number of anilines is 4. The second kappa shape index (κ2) is 9.42. The van der Waals surface area contributed by atoms with Gasteiger partial charge in [-0.05, 0) is 24.3 Å². The fraction of sp³-hybridized carbons (Fsp3) is 0.316. The van der Waals surface area contributed by atoms with Gasteiger partial charge in [-0.2, -0.15) is 4.98 Å². The first-order valence-electron chi connectivity index (χ1n) is 9.78. The highest BCUT2D eigenvalue weighted by Gasteiger charge is 2.40. The molecule has 2 unspecified atom stereocenters. The highest BCUT2D eigenvalue weighted by molar-refractivity contribution is 5.97. The number of nitrogens with zero attached hydrogens (tertiary/aromatic N) is 1. The van der Waals surface area contributed by atoms with Crippen molar-refractivity contribution in [1.29, 1.82) is 0 Å². The molecule has 3 rings (SSSR count). The number of carbonyl (C=O) groups is 3. The first-order chi connectivity index (χ1) is 15.6. The van der Waals surface area contributed by atoms with Gasteiger partial charge in [0.25, 0.3) is 17.3 Å². The molecule has 1 aromatic carbocycles. The Morgan fingerprint density at radius 2 is 1.94 bits per heavy atom. The highest BCUT2D eigenvalue weighted by Crippen LogP contribution is 2.21. The van der Waals surface area contributed by atoms with E-state index in [4.69, 9.17) is 15.9 Å². The van der Waals surface area contributed by atoms with Crippen molar-refractivity contribution < 1.29 is 29.0 Å². The molecule has 0 bridgehead atoms. The summed E-state index contributed by atoms with van der Waals surface area (Å²) >= 11 is 0. The standard InChI is InChI=1S/C19H22FN7O6/c20-19(17(32)33,6-5-12(28)29)27-15(30)9-1-3-10(4-2-9)22-7-11-8-23-14-13(24-11)16(31)26-18(21)25-14/h1-4,11,22,24H,5-8H2,(H,27,30)(H,28,29)(H,32,33)(H4,21,23,25,26,31). The number of aliphatic carboxylic acids is 2. The van der Waals surface area contributed by atoms with Crippen LogP contribution in [0.3, 0.4) is 0 Å². The summed E-state index contributed by atoms with van der Waals surface area (Å²) < 4.78 is 14.5. The molecule has 0 spiro atoms. The zero-order valence-electron chi connectivity index (χ0n) is 17.1. The minimum atomic E-state index is -3.21. The second-order valence-electron chi connectivity index (χ2n) is 7.31. The summed E-state index contributed by atoms with van der Waals surface area (Å²) in [4.78, 5) is 52.4. The Morgan fingerprint density at radius 1 is 1.24 bits per heavy atom. The Hall–Kier alpha value is -4.36. The first-order valence-corrected chi connectivity index (χ1v) is 9.78. The monoisotopic (exact) mass is 463 g/mol. The van der Waals surface area contributed by atoms with Crippen LogP contribution in [0.1, 0.15) is 23.2 Å². The fourth-order valence-corrected chi connectivity index (χ4v) is 3.09. The quantitative estimate of drug-likeness (QED) is 0.232. The maximum atomic E-state index is 14.5. The van der Waals surface area contributed by atoms with Gasteiger partial charge in [0.2, 0.25) is 5.95 Å². The number of rotatable bonds is 9. The second-order valence-corrected chi connectivity index (χ2v) is 7.31. The van der Waals surface area contributed by atoms with E-state index < -0.39 is 42.0 Å². The van der Waals surface area contributed by atoms with E-state index in [-0.39, 0.29) is 23.2 Å². The third-order valence-electron chi connectivity index (χ3n) is 4.84. The van der Waals surface area contributed by atoms with E-state index in [9.17, 15) is 23.6 Å². The number of aromatic amines is 1. The Balaban J connectivity index is 1.58. The number of alkyl halides is 1. The number of nitrogens with one attached hydrogen (secondary N) is 5. The van der Waals surface area contributed by atoms with E-state index in [1.54, 1.807) is 5.32 Å². The summed E-state index contributed by atoms with van der Waals surface area (Å²) in [5.74, 6) is -7.22. The van der Waals surface area contributed by atoms with Crippen molar-refractivity contribution in [2.24, 2.45) is 0 Å². The Labute approximate surface area is 185 Å². The SMILES string of the molecule is Nc1nc2c(c(=O)[nH]1)NC(CNc1ccc(C(=O)NC(F)(CCC(=O)O)C(=O)O)cc1)CN2. The van der Waals surface area contributed by atoms with E-state index in [2.05, 4.69) is 25.9 Å². The molecule has 2 aromatic rings. The Morgan fingerprint density at radius 3 is 2.58 bits per heavy atom. The van der Waals surface area contributed by atoms with Gasteiger partial charge in [-0.1, -0.05) is 0 Å². The number of amides is 1. The highest BCUT2D eigenvalue weighted by atomic mass is 19.1. The average molecular weight is 463 g/mol. The molecule has 13 nitrogen and oxygen atoms in total. The molecule has 1 aliphatic rings. The van der Waals surface area contributed by atoms with Crippen LogP contribution in [0.5, 0.6) is 0 Å². The zero-order valence-corrected chi connectivity index (χ0v) is 17.1. The lowest BCUT2D eigenvalue weighted by atomic mass is 10.1. The van der Waals surface area contributed by atoms with E-state index in [0.717, 1.165) is 0 Å². The molecule has 0 radical (unpaired) electrons. The van der Waals surface area contributed by atoms with Crippen LogP contribution in [0.15, 0.2) is 29.1 Å². The van der Waals surface area contributed by atoms with Gasteiger partial charge in [0.15, 0.2) is 5.82 Å². The zero-order chi connectivity index (χ0) is 24.2. The Bertz CT molecular complexity index is 1120. The number of H-pyrrole nitrogens is 1. The minimum Gasteiger partial charge on any atom is -0.481 e. The average Bonchev–Trinajstić information content (AvgIpc) is 2.76. The van der Waals surface area contributed by atoms with E-state index >= 15 is 0 Å². The number of hydrogen-bond acceptors (Lipinski definition) is 9. The van der Waals surface area contributed by atoms with E-state index in [1.165, 1.54) is 24.3 Å². The van der Waals surface area contributed by atoms with E-state index in [1.807, 2.05) is 0 Å². The number of carbonyl (C=O) groups excluding carboxylic acids is 1. The van der Waals surface area contributed by atoms with Crippen molar-refractivity contribution in [3.63, 3.8) is 0 Å². The molecule has 1 aliphatic heterocycles. The van der Waals surface area contributed by atoms with Gasteiger partial charge in [-0.15, -0.1) is 0 Å². The van der Waals surface area contributed by atoms with Crippen LogP contribution in [0.4, 0.5) is 27.5 Å². The van der Waals surface area contributed by atoms with Crippen molar-refractivity contribution >= 4 is 41.0 Å². The van der Waals surface area contributed by atoms with Crippen LogP contribution < -0.4 is 32.6 Å². The third kappa shape index (κ3) is 5.66. The van der Waals surface area contributed by atoms with Gasteiger partial charge >= 0.3 is 11.9 Å². The van der Waals surface area contributed by atoms with Gasteiger partial charge in [0.1, 0.15) is 5.69 Å². The van der Waals surface area contributed by atoms with Crippen molar-refractivity contribution in [3.05, 3.63) is 40.2 Å². The maximum absolute atomic E-state index is 14.5. The van der Waals surface area contributed by atoms with Gasteiger partial charge < -0.3 is 37.2 Å². The first kappa shape index (κ1) is 23.3. The number of nitrogen functional groups attached to an aromatic ring is 1. The fourth-order valence-electron chi connectivity index (χ4n) is 3.09. The van der Waals surface area contributed by atoms with Crippen LogP contribution in [0.2, 0.25) is 0 Å². The van der Waals surface area contributed by atoms with Gasteiger partial charge in [-0.3, -0.25) is 19.4 Å². The molecule has 1 amide bonds. The lowest BCUT2D eigenvalue weighted by molar-refractivity contribution is -0.154. The lowest BCUT2D eigenvalue weighted by Crippen LogP contribution is -2.51. The molecule has 176 valence electrons. The predicted molar refractivity (Wildman–Crippen MR) is 116 cm³/mol. The van der Waals surface area contributed by atoms with Gasteiger partial charge in [0, 0.05) is 30.8 Å². The van der Waals surface area contributed by atoms with Gasteiger partial charge in [0.05, 0.1) is 12.5 Å². The molecule has 9 N–H and O–H groups in total. The van der Waals surface area contributed by atoms with Crippen molar-refractivity contribution in [1.82, 2.24) is 15.3 Å². The van der Waals surface area contributed by atoms with Crippen molar-refractivity contribution in [2.75, 3.05) is 34.8 Å². The maximum Gasteiger partial charge on any atom is 0.362 e. The molecule has 2 heterocycles. The topological polar surface area (TPSA) is 212 Å². The number of carboxylic acids is 2. The molecule has 0 saturated heterocycles. The summed E-state index contributed by atoms with van der Waals surface area (Å²) in [5.41, 5.74) is 5.97. The number of benzene rings is 1. The molecular weight excluding hydrogens is 441 g/mol. The van der Waals surface area contributed by atoms with Crippen LogP contribution in [-0.4, -0.2) is 63.0 Å². The summed E-state index contributed by atoms with van der Waals surface area (Å²) in [7, 11) is 0. The number of fused-ring (bicyclic) bond motifs is 1. The number of carboxylic acid groups (broad SMARTS) is 2. The van der Waals surface area contributed by atoms with Crippen molar-refractivity contribution in [2.45, 2.75) is 24.7 Å². The normalized spacial score (nSPS) is 16.3. The molecule has 0 saturated carbocycles. The molecule has 0 fully saturated rings. The van der Waals surface area contributed by atoms with Crippen molar-refractivity contribution in [3.8, 4) is 0 Å². The Kier molecular flexibility index (Phi) is 6.65. The van der Waals surface area contributed by atoms with E-state index in [0.29, 0.717) is 24.6 Å². The summed E-state index contributed by atoms with van der Waals surface area (Å²) in [6, 6.07) is 5.61. The van der Waals surface area contributed by atoms with Crippen LogP contribution in [-0.2, 0) is 9.59 Å². The summed E-state index contributed by atoms with van der Waals surface area (Å²) in [5, 5.41) is 28.6. The molecule has 1 aromatic heterocycles. The predicted octanol–water partition coefficient (Wildman–Crippen LogP) is 0.0152. The number of aromatic nitrogens is 2. The summed E-state index contributed by atoms with van der Waals surface area (Å²) in [6.07, 6.45) is -1.69. The van der Waals surface area contributed by atoms with Crippen LogP contribution in [0.25, 0.3) is 0 Å². The molecule has 2 atom stereocenters. The molecule has 33 heavy (non-hydrogen) atoms. The van der Waals surface area contributed by atoms with Crippen LogP contribution in [0, 0.1) is 0 Å². The molecule has 0 aliphatic carbocycles. The van der Waals surface area contributed by atoms with Crippen LogP contribution >= 0.6 is 0 Å². The van der Waals surface area contributed by atoms with Gasteiger partial charge in [-0.25, -0.2) is 9.18 Å². The third-order valence-corrected chi connectivity index (χ3v) is 4.84. The smallest absolute Gasteiger partial charge is 0.362 e. The largest absolute Gasteiger partial charge is 0.481 e. The number of halogens is 1. The minimum absolute atomic E-state index is 0.00370. The number of hydrogen-bond donors (Lipinski definition) is 8. The molecular formula is C19H22FN7O6. The lowest BCUT2D eigenvalue weighted by Gasteiger charge is -2.27. The number of nitrogens with two attached hydrogens (primary N) is 1.